The third-order valence-electron chi connectivity index (χ3n) is 2.46. The van der Waals surface area contributed by atoms with E-state index in [4.69, 9.17) is 4.74 Å². The van der Waals surface area contributed by atoms with Gasteiger partial charge in [0.1, 0.15) is 0 Å². The summed E-state index contributed by atoms with van der Waals surface area (Å²) in [6, 6.07) is 0. The molecule has 0 radical (unpaired) electrons. The average molecular weight is 212 g/mol. The zero-order chi connectivity index (χ0) is 9.80. The second-order valence-electron chi connectivity index (χ2n) is 3.60. The third kappa shape index (κ3) is 2.25. The van der Waals surface area contributed by atoms with Gasteiger partial charge in [-0.05, 0) is 19.3 Å². The maximum atomic E-state index is 5.05. The van der Waals surface area contributed by atoms with Gasteiger partial charge in [-0.3, -0.25) is 0 Å². The van der Waals surface area contributed by atoms with Gasteiger partial charge in [-0.25, -0.2) is 4.98 Å². The summed E-state index contributed by atoms with van der Waals surface area (Å²) in [6.45, 7) is 2.96. The Morgan fingerprint density at radius 2 is 2.21 bits per heavy atom. The van der Waals surface area contributed by atoms with E-state index >= 15 is 0 Å². The molecule has 1 aromatic rings. The Balaban J connectivity index is 2.00. The fourth-order valence-electron chi connectivity index (χ4n) is 1.74. The van der Waals surface area contributed by atoms with E-state index in [-0.39, 0.29) is 0 Å². The molecule has 4 heteroatoms. The molecule has 1 fully saturated rings. The molecular formula is C10H16N2OS. The number of hydrogen-bond acceptors (Lipinski definition) is 4. The summed E-state index contributed by atoms with van der Waals surface area (Å²) in [6.07, 6.45) is 3.98. The molecule has 0 saturated carbocycles. The Morgan fingerprint density at radius 3 is 2.93 bits per heavy atom. The molecule has 0 amide bonds. The van der Waals surface area contributed by atoms with Crippen molar-refractivity contribution in [3.8, 4) is 0 Å². The summed E-state index contributed by atoms with van der Waals surface area (Å²) in [5, 5.41) is 3.25. The van der Waals surface area contributed by atoms with Crippen LogP contribution in [0, 0.1) is 0 Å². The molecule has 0 aromatic carbocycles. The van der Waals surface area contributed by atoms with Gasteiger partial charge in [-0.15, -0.1) is 11.3 Å². The molecule has 1 saturated heterocycles. The van der Waals surface area contributed by atoms with Crippen molar-refractivity contribution >= 4 is 16.5 Å². The predicted octanol–water partition coefficient (Wildman–Crippen LogP) is 2.28. The zero-order valence-electron chi connectivity index (χ0n) is 8.53. The van der Waals surface area contributed by atoms with E-state index < -0.39 is 0 Å². The molecule has 2 rings (SSSR count). The summed E-state index contributed by atoms with van der Waals surface area (Å²) in [7, 11) is 1.71. The molecule has 0 unspecified atom stereocenters. The second-order valence-corrected chi connectivity index (χ2v) is 4.44. The molecule has 2 heterocycles. The molecular weight excluding hydrogens is 196 g/mol. The lowest BCUT2D eigenvalue weighted by molar-refractivity contribution is 0.182. The van der Waals surface area contributed by atoms with Gasteiger partial charge in [-0.1, -0.05) is 0 Å². The van der Waals surface area contributed by atoms with Crippen LogP contribution in [0.15, 0.2) is 5.38 Å². The molecule has 1 aliphatic rings. The predicted molar refractivity (Wildman–Crippen MR) is 58.9 cm³/mol. The lowest BCUT2D eigenvalue weighted by atomic mass is 10.1. The Labute approximate surface area is 88.7 Å². The minimum Gasteiger partial charge on any atom is -0.378 e. The number of aromatic nitrogens is 1. The highest BCUT2D eigenvalue weighted by Gasteiger charge is 2.13. The van der Waals surface area contributed by atoms with Gasteiger partial charge in [0.25, 0.3) is 0 Å². The van der Waals surface area contributed by atoms with Gasteiger partial charge < -0.3 is 9.64 Å². The molecule has 0 spiro atoms. The van der Waals surface area contributed by atoms with Crippen LogP contribution < -0.4 is 4.90 Å². The number of hydrogen-bond donors (Lipinski definition) is 0. The zero-order valence-corrected chi connectivity index (χ0v) is 9.35. The number of thiazole rings is 1. The Bertz CT molecular complexity index is 281. The Morgan fingerprint density at radius 1 is 1.43 bits per heavy atom. The molecule has 78 valence electrons. The number of methoxy groups -OCH3 is 1. The summed E-state index contributed by atoms with van der Waals surface area (Å²) in [5.41, 5.74) is 1.05. The van der Waals surface area contributed by atoms with Crippen LogP contribution in [0.5, 0.6) is 0 Å². The van der Waals surface area contributed by atoms with E-state index in [0.717, 1.165) is 10.8 Å². The number of nitrogens with zero attached hydrogens (tertiary/aromatic N) is 2. The highest BCUT2D eigenvalue weighted by molar-refractivity contribution is 7.13. The van der Waals surface area contributed by atoms with E-state index in [0.29, 0.717) is 6.61 Å². The van der Waals surface area contributed by atoms with Crippen molar-refractivity contribution in [1.29, 1.82) is 0 Å². The van der Waals surface area contributed by atoms with E-state index in [9.17, 15) is 0 Å². The number of anilines is 1. The summed E-state index contributed by atoms with van der Waals surface area (Å²) >= 11 is 1.73. The van der Waals surface area contributed by atoms with Crippen LogP contribution >= 0.6 is 11.3 Å². The highest BCUT2D eigenvalue weighted by Crippen LogP contribution is 2.24. The van der Waals surface area contributed by atoms with Gasteiger partial charge in [0, 0.05) is 25.6 Å². The normalized spacial score (nSPS) is 17.4. The van der Waals surface area contributed by atoms with Crippen molar-refractivity contribution in [2.24, 2.45) is 0 Å². The van der Waals surface area contributed by atoms with Gasteiger partial charge in [0.15, 0.2) is 5.13 Å². The van der Waals surface area contributed by atoms with Crippen LogP contribution in [0.3, 0.4) is 0 Å². The van der Waals surface area contributed by atoms with Gasteiger partial charge in [0.05, 0.1) is 12.3 Å². The fourth-order valence-corrected chi connectivity index (χ4v) is 2.60. The lowest BCUT2D eigenvalue weighted by Crippen LogP contribution is -2.29. The fraction of sp³-hybridized carbons (Fsp3) is 0.700. The minimum absolute atomic E-state index is 0.629. The first-order valence-corrected chi connectivity index (χ1v) is 5.96. The summed E-state index contributed by atoms with van der Waals surface area (Å²) in [4.78, 5) is 6.93. The lowest BCUT2D eigenvalue weighted by Gasteiger charge is -2.25. The van der Waals surface area contributed by atoms with Crippen LogP contribution in [-0.4, -0.2) is 25.2 Å². The van der Waals surface area contributed by atoms with Crippen molar-refractivity contribution in [2.75, 3.05) is 25.1 Å². The quantitative estimate of drug-likeness (QED) is 0.768. The summed E-state index contributed by atoms with van der Waals surface area (Å²) in [5.74, 6) is 0. The Hall–Kier alpha value is -0.610. The average Bonchev–Trinajstić information content (AvgIpc) is 2.68. The second kappa shape index (κ2) is 4.75. The third-order valence-corrected chi connectivity index (χ3v) is 3.41. The number of piperidine rings is 1. The smallest absolute Gasteiger partial charge is 0.185 e. The van der Waals surface area contributed by atoms with Crippen molar-refractivity contribution in [3.63, 3.8) is 0 Å². The molecule has 1 aromatic heterocycles. The summed E-state index contributed by atoms with van der Waals surface area (Å²) < 4.78 is 5.05. The molecule has 0 N–H and O–H groups in total. The van der Waals surface area contributed by atoms with Crippen molar-refractivity contribution < 1.29 is 4.74 Å². The number of rotatable bonds is 3. The van der Waals surface area contributed by atoms with Crippen LogP contribution in [0.4, 0.5) is 5.13 Å². The Kier molecular flexibility index (Phi) is 3.37. The first-order chi connectivity index (χ1) is 6.90. The molecule has 14 heavy (non-hydrogen) atoms. The van der Waals surface area contributed by atoms with Crippen molar-refractivity contribution in [3.05, 3.63) is 11.1 Å². The monoisotopic (exact) mass is 212 g/mol. The topological polar surface area (TPSA) is 25.4 Å². The SMILES string of the molecule is COCc1csc(N2CCCCC2)n1. The number of ether oxygens (including phenoxy) is 1. The van der Waals surface area contributed by atoms with E-state index in [1.54, 1.807) is 18.4 Å². The highest BCUT2D eigenvalue weighted by atomic mass is 32.1. The van der Waals surface area contributed by atoms with Crippen LogP contribution in [0.1, 0.15) is 25.0 Å². The molecule has 3 nitrogen and oxygen atoms in total. The minimum atomic E-state index is 0.629. The van der Waals surface area contributed by atoms with E-state index in [1.165, 1.54) is 32.4 Å². The standard InChI is InChI=1S/C10H16N2OS/c1-13-7-9-8-14-10(11-9)12-5-3-2-4-6-12/h8H,2-7H2,1H3. The van der Waals surface area contributed by atoms with Crippen molar-refractivity contribution in [2.45, 2.75) is 25.9 Å². The molecule has 1 aliphatic heterocycles. The van der Waals surface area contributed by atoms with E-state index in [2.05, 4.69) is 15.3 Å². The first-order valence-electron chi connectivity index (χ1n) is 5.08. The first kappa shape index (κ1) is 9.93. The maximum Gasteiger partial charge on any atom is 0.185 e. The van der Waals surface area contributed by atoms with Gasteiger partial charge in [0.2, 0.25) is 0 Å². The van der Waals surface area contributed by atoms with Gasteiger partial charge >= 0.3 is 0 Å². The molecule has 0 bridgehead atoms. The van der Waals surface area contributed by atoms with E-state index in [1.807, 2.05) is 0 Å². The van der Waals surface area contributed by atoms with Crippen LogP contribution in [-0.2, 0) is 11.3 Å². The van der Waals surface area contributed by atoms with Crippen LogP contribution in [0.2, 0.25) is 0 Å². The van der Waals surface area contributed by atoms with Gasteiger partial charge in [-0.2, -0.15) is 0 Å². The maximum absolute atomic E-state index is 5.05. The van der Waals surface area contributed by atoms with Crippen molar-refractivity contribution in [1.82, 2.24) is 4.98 Å². The largest absolute Gasteiger partial charge is 0.378 e. The van der Waals surface area contributed by atoms with Crippen LogP contribution in [0.25, 0.3) is 0 Å². The molecule has 0 aliphatic carbocycles. The molecule has 0 atom stereocenters.